The number of terminal acetylenes is 1. The Labute approximate surface area is 88.5 Å². The minimum atomic E-state index is -0.187. The van der Waals surface area contributed by atoms with Gasteiger partial charge < -0.3 is 0 Å². The van der Waals surface area contributed by atoms with E-state index >= 15 is 0 Å². The molecule has 0 unspecified atom stereocenters. The van der Waals surface area contributed by atoms with Crippen LogP contribution in [-0.4, -0.2) is 0 Å². The van der Waals surface area contributed by atoms with Crippen LogP contribution in [0.5, 0.6) is 0 Å². The molecule has 1 heteroatoms. The summed E-state index contributed by atoms with van der Waals surface area (Å²) in [7, 11) is 0. The predicted molar refractivity (Wildman–Crippen MR) is 60.7 cm³/mol. The summed E-state index contributed by atoms with van der Waals surface area (Å²) in [5.41, 5.74) is 2.27. The van der Waals surface area contributed by atoms with Crippen molar-refractivity contribution in [2.24, 2.45) is 0 Å². The molecule has 13 heavy (non-hydrogen) atoms. The molecule has 0 heterocycles. The molecule has 0 aromatic heterocycles. The van der Waals surface area contributed by atoms with Gasteiger partial charge in [-0.2, -0.15) is 0 Å². The van der Waals surface area contributed by atoms with Crippen molar-refractivity contribution in [2.75, 3.05) is 0 Å². The monoisotopic (exact) mass is 236 g/mol. The molecule has 0 atom stereocenters. The van der Waals surface area contributed by atoms with E-state index in [9.17, 15) is 0 Å². The second-order valence-corrected chi connectivity index (χ2v) is 4.64. The zero-order chi connectivity index (χ0) is 10.1. The van der Waals surface area contributed by atoms with Crippen molar-refractivity contribution in [3.8, 4) is 12.3 Å². The zero-order valence-corrected chi connectivity index (χ0v) is 9.77. The second kappa shape index (κ2) is 3.55. The first kappa shape index (κ1) is 10.3. The lowest BCUT2D eigenvalue weighted by molar-refractivity contribution is 0.693. The molecule has 0 aliphatic carbocycles. The van der Waals surface area contributed by atoms with Crippen LogP contribution in [0.1, 0.15) is 25.0 Å². The highest BCUT2D eigenvalue weighted by Gasteiger charge is 2.19. The van der Waals surface area contributed by atoms with Crippen molar-refractivity contribution >= 4 is 15.9 Å². The van der Waals surface area contributed by atoms with E-state index in [1.165, 1.54) is 11.1 Å². The molecule has 0 saturated carbocycles. The summed E-state index contributed by atoms with van der Waals surface area (Å²) in [4.78, 5) is 0. The summed E-state index contributed by atoms with van der Waals surface area (Å²) in [6, 6.07) is 6.21. The van der Waals surface area contributed by atoms with Gasteiger partial charge in [0.15, 0.2) is 0 Å². The van der Waals surface area contributed by atoms with E-state index in [1.807, 2.05) is 6.07 Å². The van der Waals surface area contributed by atoms with E-state index in [1.54, 1.807) is 0 Å². The van der Waals surface area contributed by atoms with Gasteiger partial charge in [-0.05, 0) is 44.0 Å². The third-order valence-corrected chi connectivity index (χ3v) is 2.73. The zero-order valence-electron chi connectivity index (χ0n) is 8.19. The van der Waals surface area contributed by atoms with Gasteiger partial charge >= 0.3 is 0 Å². The van der Waals surface area contributed by atoms with Gasteiger partial charge in [0.05, 0.1) is 5.41 Å². The molecule has 0 saturated heterocycles. The number of hydrogen-bond donors (Lipinski definition) is 0. The molecule has 0 amide bonds. The van der Waals surface area contributed by atoms with Crippen LogP contribution >= 0.6 is 15.9 Å². The molecule has 0 aliphatic heterocycles. The molecule has 1 aromatic carbocycles. The molecular weight excluding hydrogens is 224 g/mol. The van der Waals surface area contributed by atoms with Gasteiger partial charge in [-0.1, -0.05) is 27.9 Å². The second-order valence-electron chi connectivity index (χ2n) is 3.73. The Morgan fingerprint density at radius 2 is 2.00 bits per heavy atom. The van der Waals surface area contributed by atoms with Gasteiger partial charge in [0.2, 0.25) is 0 Å². The van der Waals surface area contributed by atoms with Crippen molar-refractivity contribution < 1.29 is 0 Å². The van der Waals surface area contributed by atoms with E-state index < -0.39 is 0 Å². The fraction of sp³-hybridized carbons (Fsp3) is 0.333. The van der Waals surface area contributed by atoms with Crippen LogP contribution in [0, 0.1) is 19.3 Å². The van der Waals surface area contributed by atoms with Gasteiger partial charge in [-0.3, -0.25) is 0 Å². The number of rotatable bonds is 1. The summed E-state index contributed by atoms with van der Waals surface area (Å²) >= 11 is 3.45. The molecule has 68 valence electrons. The van der Waals surface area contributed by atoms with E-state index in [4.69, 9.17) is 6.42 Å². The van der Waals surface area contributed by atoms with Gasteiger partial charge in [0.25, 0.3) is 0 Å². The summed E-state index contributed by atoms with van der Waals surface area (Å²) in [6.07, 6.45) is 5.49. The molecule has 0 spiro atoms. The first-order chi connectivity index (χ1) is 5.97. The average molecular weight is 237 g/mol. The third kappa shape index (κ3) is 2.14. The number of aryl methyl sites for hydroxylation is 1. The van der Waals surface area contributed by atoms with E-state index in [0.29, 0.717) is 0 Å². The maximum Gasteiger partial charge on any atom is 0.0507 e. The topological polar surface area (TPSA) is 0 Å². The van der Waals surface area contributed by atoms with Crippen LogP contribution in [0.2, 0.25) is 0 Å². The maximum absolute atomic E-state index is 5.49. The highest BCUT2D eigenvalue weighted by atomic mass is 79.9. The molecule has 1 rings (SSSR count). The van der Waals surface area contributed by atoms with Crippen molar-refractivity contribution in [3.05, 3.63) is 33.8 Å². The fourth-order valence-electron chi connectivity index (χ4n) is 1.35. The molecule has 0 nitrogen and oxygen atoms in total. The van der Waals surface area contributed by atoms with Crippen molar-refractivity contribution in [2.45, 2.75) is 26.2 Å². The van der Waals surface area contributed by atoms with Crippen molar-refractivity contribution in [3.63, 3.8) is 0 Å². The molecular formula is C12H13Br. The van der Waals surface area contributed by atoms with E-state index in [-0.39, 0.29) is 5.41 Å². The number of hydrogen-bond acceptors (Lipinski definition) is 0. The Kier molecular flexibility index (Phi) is 2.83. The summed E-state index contributed by atoms with van der Waals surface area (Å²) in [5.74, 6) is 2.80. The number of benzene rings is 1. The first-order valence-corrected chi connectivity index (χ1v) is 5.01. The normalized spacial score (nSPS) is 11.0. The standard InChI is InChI=1S/C12H13Br/c1-5-12(3,4)11-8-10(13)7-6-9(11)2/h1,6-8H,2-4H3. The van der Waals surface area contributed by atoms with Crippen molar-refractivity contribution in [1.29, 1.82) is 0 Å². The predicted octanol–water partition coefficient (Wildman–Crippen LogP) is 3.67. The number of halogens is 1. The lowest BCUT2D eigenvalue weighted by Crippen LogP contribution is -2.15. The quantitative estimate of drug-likeness (QED) is 0.654. The van der Waals surface area contributed by atoms with Crippen LogP contribution < -0.4 is 0 Å². The van der Waals surface area contributed by atoms with Gasteiger partial charge in [0, 0.05) is 4.47 Å². The Balaban J connectivity index is 3.30. The van der Waals surface area contributed by atoms with Gasteiger partial charge in [-0.25, -0.2) is 0 Å². The summed E-state index contributed by atoms with van der Waals surface area (Å²) in [5, 5.41) is 0. The van der Waals surface area contributed by atoms with Gasteiger partial charge in [0.1, 0.15) is 0 Å². The lowest BCUT2D eigenvalue weighted by atomic mass is 9.83. The van der Waals surface area contributed by atoms with Crippen LogP contribution in [-0.2, 0) is 5.41 Å². The Morgan fingerprint density at radius 3 is 2.54 bits per heavy atom. The SMILES string of the molecule is C#CC(C)(C)c1cc(Br)ccc1C. The van der Waals surface area contributed by atoms with Gasteiger partial charge in [-0.15, -0.1) is 6.42 Å². The molecule has 0 fully saturated rings. The summed E-state index contributed by atoms with van der Waals surface area (Å²) in [6.45, 7) is 6.20. The maximum atomic E-state index is 5.49. The molecule has 0 N–H and O–H groups in total. The third-order valence-electron chi connectivity index (χ3n) is 2.23. The lowest BCUT2D eigenvalue weighted by Gasteiger charge is -2.20. The highest BCUT2D eigenvalue weighted by molar-refractivity contribution is 9.10. The Hall–Kier alpha value is -0.740. The van der Waals surface area contributed by atoms with E-state index in [2.05, 4.69) is 54.8 Å². The molecule has 1 aromatic rings. The molecule has 0 aliphatic rings. The van der Waals surface area contributed by atoms with Crippen LogP contribution in [0.4, 0.5) is 0 Å². The van der Waals surface area contributed by atoms with Crippen LogP contribution in [0.15, 0.2) is 22.7 Å². The van der Waals surface area contributed by atoms with Crippen LogP contribution in [0.25, 0.3) is 0 Å². The largest absolute Gasteiger partial charge is 0.119 e. The minimum Gasteiger partial charge on any atom is -0.119 e. The summed E-state index contributed by atoms with van der Waals surface area (Å²) < 4.78 is 1.08. The van der Waals surface area contributed by atoms with Crippen LogP contribution in [0.3, 0.4) is 0 Å². The average Bonchev–Trinajstić information content (AvgIpc) is 2.09. The smallest absolute Gasteiger partial charge is 0.0507 e. The highest BCUT2D eigenvalue weighted by Crippen LogP contribution is 2.27. The first-order valence-electron chi connectivity index (χ1n) is 4.22. The minimum absolute atomic E-state index is 0.187. The Morgan fingerprint density at radius 1 is 1.38 bits per heavy atom. The fourth-order valence-corrected chi connectivity index (χ4v) is 1.71. The van der Waals surface area contributed by atoms with E-state index in [0.717, 1.165) is 4.47 Å². The Bertz CT molecular complexity index is 356. The molecule has 0 radical (unpaired) electrons. The molecule has 0 bridgehead atoms. The van der Waals surface area contributed by atoms with Crippen molar-refractivity contribution in [1.82, 2.24) is 0 Å².